The highest BCUT2D eigenvalue weighted by atomic mass is 79.9. The Balaban J connectivity index is 2.76. The van der Waals surface area contributed by atoms with E-state index in [9.17, 15) is 9.18 Å². The van der Waals surface area contributed by atoms with Gasteiger partial charge in [0, 0.05) is 16.8 Å². The fourth-order valence-electron chi connectivity index (χ4n) is 1.80. The largest absolute Gasteiger partial charge is 0.299 e. The van der Waals surface area contributed by atoms with Crippen LogP contribution in [0.25, 0.3) is 0 Å². The van der Waals surface area contributed by atoms with E-state index in [-0.39, 0.29) is 17.5 Å². The van der Waals surface area contributed by atoms with Crippen molar-refractivity contribution in [2.24, 2.45) is 5.92 Å². The molecule has 1 nitrogen and oxygen atoms in total. The summed E-state index contributed by atoms with van der Waals surface area (Å²) in [7, 11) is 0. The topological polar surface area (TPSA) is 17.1 Å². The first-order chi connectivity index (χ1) is 7.56. The van der Waals surface area contributed by atoms with E-state index in [0.717, 1.165) is 18.4 Å². The van der Waals surface area contributed by atoms with Crippen molar-refractivity contribution in [1.82, 2.24) is 0 Å². The van der Waals surface area contributed by atoms with Crippen molar-refractivity contribution < 1.29 is 9.18 Å². The van der Waals surface area contributed by atoms with Crippen LogP contribution in [0, 0.1) is 11.7 Å². The number of hydrogen-bond acceptors (Lipinski definition) is 1. The quantitative estimate of drug-likeness (QED) is 0.795. The van der Waals surface area contributed by atoms with Gasteiger partial charge in [0.25, 0.3) is 0 Å². The lowest BCUT2D eigenvalue weighted by Crippen LogP contribution is -2.15. The predicted octanol–water partition coefficient (Wildman–Crippen LogP) is 4.14. The third-order valence-corrected chi connectivity index (χ3v) is 3.20. The monoisotopic (exact) mass is 286 g/mol. The lowest BCUT2D eigenvalue weighted by atomic mass is 9.93. The van der Waals surface area contributed by atoms with E-state index in [4.69, 9.17) is 0 Å². The van der Waals surface area contributed by atoms with E-state index < -0.39 is 0 Å². The molecule has 3 heteroatoms. The summed E-state index contributed by atoms with van der Waals surface area (Å²) in [6.07, 6.45) is 2.03. The average molecular weight is 287 g/mol. The Morgan fingerprint density at radius 2 is 1.94 bits per heavy atom. The normalized spacial score (nSPS) is 10.8. The first kappa shape index (κ1) is 13.4. The second kappa shape index (κ2) is 6.14. The molecule has 1 rings (SSSR count). The van der Waals surface area contributed by atoms with Gasteiger partial charge < -0.3 is 0 Å². The van der Waals surface area contributed by atoms with Crippen molar-refractivity contribution in [3.05, 3.63) is 34.1 Å². The van der Waals surface area contributed by atoms with Gasteiger partial charge in [-0.3, -0.25) is 4.79 Å². The lowest BCUT2D eigenvalue weighted by molar-refractivity contribution is -0.122. The molecule has 0 aliphatic heterocycles. The van der Waals surface area contributed by atoms with Crippen LogP contribution in [0.5, 0.6) is 0 Å². The molecule has 0 fully saturated rings. The Bertz CT molecular complexity index is 352. The molecule has 0 saturated carbocycles. The number of hydrogen-bond donors (Lipinski definition) is 0. The van der Waals surface area contributed by atoms with Crippen LogP contribution >= 0.6 is 15.9 Å². The first-order valence-electron chi connectivity index (χ1n) is 5.54. The van der Waals surface area contributed by atoms with E-state index in [1.54, 1.807) is 6.07 Å². The first-order valence-corrected chi connectivity index (χ1v) is 6.33. The van der Waals surface area contributed by atoms with Crippen LogP contribution in [0.1, 0.15) is 32.3 Å². The molecule has 0 unspecified atom stereocenters. The fraction of sp³-hybridized carbons (Fsp3) is 0.462. The highest BCUT2D eigenvalue weighted by Gasteiger charge is 2.15. The molecule has 0 spiro atoms. The van der Waals surface area contributed by atoms with E-state index >= 15 is 0 Å². The highest BCUT2D eigenvalue weighted by molar-refractivity contribution is 9.10. The summed E-state index contributed by atoms with van der Waals surface area (Å²) in [5, 5.41) is 0. The van der Waals surface area contributed by atoms with Gasteiger partial charge in [-0.05, 0) is 36.6 Å². The molecule has 0 aliphatic rings. The smallest absolute Gasteiger partial charge is 0.140 e. The van der Waals surface area contributed by atoms with E-state index in [1.165, 1.54) is 12.1 Å². The molecule has 0 atom stereocenters. The van der Waals surface area contributed by atoms with Gasteiger partial charge in [0.1, 0.15) is 11.6 Å². The third-order valence-electron chi connectivity index (χ3n) is 2.74. The predicted molar refractivity (Wildman–Crippen MR) is 66.9 cm³/mol. The Kier molecular flexibility index (Phi) is 5.13. The number of halogens is 2. The molecule has 0 saturated heterocycles. The second-order valence-electron chi connectivity index (χ2n) is 3.93. The van der Waals surface area contributed by atoms with Crippen LogP contribution in [-0.4, -0.2) is 5.78 Å². The molecule has 16 heavy (non-hydrogen) atoms. The Morgan fingerprint density at radius 3 is 2.44 bits per heavy atom. The number of ketones is 1. The lowest BCUT2D eigenvalue weighted by Gasteiger charge is -2.11. The molecule has 88 valence electrons. The molecule has 1 aromatic rings. The van der Waals surface area contributed by atoms with Gasteiger partial charge in [0.15, 0.2) is 0 Å². The Labute approximate surface area is 104 Å². The maximum absolute atomic E-state index is 13.1. The van der Waals surface area contributed by atoms with Gasteiger partial charge in [-0.1, -0.05) is 29.8 Å². The van der Waals surface area contributed by atoms with Crippen LogP contribution in [0.2, 0.25) is 0 Å². The summed E-state index contributed by atoms with van der Waals surface area (Å²) < 4.78 is 13.8. The van der Waals surface area contributed by atoms with Crippen molar-refractivity contribution in [3.8, 4) is 0 Å². The minimum absolute atomic E-state index is 0.0991. The summed E-state index contributed by atoms with van der Waals surface area (Å²) in [5.41, 5.74) is 0.740. The van der Waals surface area contributed by atoms with E-state index in [2.05, 4.69) is 15.9 Å². The van der Waals surface area contributed by atoms with Crippen molar-refractivity contribution in [2.45, 2.75) is 33.1 Å². The standard InChI is InChI=1S/C13H16BrFO/c1-3-10(4-2)13(16)7-9-5-11(14)8-12(15)6-9/h5-6,8,10H,3-4,7H2,1-2H3. The van der Waals surface area contributed by atoms with Gasteiger partial charge >= 0.3 is 0 Å². The number of carbonyl (C=O) groups excluding carboxylic acids is 1. The number of rotatable bonds is 5. The zero-order valence-corrected chi connectivity index (χ0v) is 11.2. The third kappa shape index (κ3) is 3.71. The second-order valence-corrected chi connectivity index (χ2v) is 4.85. The van der Waals surface area contributed by atoms with Crippen molar-refractivity contribution in [3.63, 3.8) is 0 Å². The van der Waals surface area contributed by atoms with Gasteiger partial charge in [-0.2, -0.15) is 0 Å². The fourth-order valence-corrected chi connectivity index (χ4v) is 2.32. The highest BCUT2D eigenvalue weighted by Crippen LogP contribution is 2.18. The molecule has 0 bridgehead atoms. The molecule has 0 aromatic heterocycles. The van der Waals surface area contributed by atoms with E-state index in [1.807, 2.05) is 13.8 Å². The average Bonchev–Trinajstić information content (AvgIpc) is 2.17. The Morgan fingerprint density at radius 1 is 1.31 bits per heavy atom. The van der Waals surface area contributed by atoms with Crippen molar-refractivity contribution in [1.29, 1.82) is 0 Å². The van der Waals surface area contributed by atoms with Crippen LogP contribution in [0.3, 0.4) is 0 Å². The summed E-state index contributed by atoms with van der Waals surface area (Å²) in [6, 6.07) is 4.61. The zero-order chi connectivity index (χ0) is 12.1. The zero-order valence-electron chi connectivity index (χ0n) is 9.59. The van der Waals surface area contributed by atoms with Crippen LogP contribution < -0.4 is 0 Å². The molecule has 1 aromatic carbocycles. The number of benzene rings is 1. The van der Waals surface area contributed by atoms with Gasteiger partial charge in [-0.25, -0.2) is 4.39 Å². The molecular formula is C13H16BrFO. The summed E-state index contributed by atoms with van der Waals surface area (Å²) in [6.45, 7) is 4.01. The number of carbonyl (C=O) groups is 1. The Hall–Kier alpha value is -0.700. The molecule has 0 radical (unpaired) electrons. The number of Topliss-reactive ketones (excluding diaryl/α,β-unsaturated/α-hetero) is 1. The van der Waals surface area contributed by atoms with Crippen molar-refractivity contribution >= 4 is 21.7 Å². The maximum atomic E-state index is 13.1. The summed E-state index contributed by atoms with van der Waals surface area (Å²) in [5.74, 6) is -0.00809. The van der Waals surface area contributed by atoms with E-state index in [0.29, 0.717) is 10.9 Å². The molecular weight excluding hydrogens is 271 g/mol. The van der Waals surface area contributed by atoms with Crippen molar-refractivity contribution in [2.75, 3.05) is 0 Å². The van der Waals surface area contributed by atoms with Gasteiger partial charge in [-0.15, -0.1) is 0 Å². The van der Waals surface area contributed by atoms with Gasteiger partial charge in [0.2, 0.25) is 0 Å². The molecule has 0 amide bonds. The minimum atomic E-state index is -0.304. The van der Waals surface area contributed by atoms with Crippen LogP contribution in [0.4, 0.5) is 4.39 Å². The maximum Gasteiger partial charge on any atom is 0.140 e. The summed E-state index contributed by atoms with van der Waals surface area (Å²) >= 11 is 3.22. The molecule has 0 aliphatic carbocycles. The minimum Gasteiger partial charge on any atom is -0.299 e. The summed E-state index contributed by atoms with van der Waals surface area (Å²) in [4.78, 5) is 11.9. The SMILES string of the molecule is CCC(CC)C(=O)Cc1cc(F)cc(Br)c1. The molecule has 0 N–H and O–H groups in total. The van der Waals surface area contributed by atoms with Gasteiger partial charge in [0.05, 0.1) is 0 Å². The van der Waals surface area contributed by atoms with Crippen LogP contribution in [0.15, 0.2) is 22.7 Å². The molecule has 0 heterocycles. The van der Waals surface area contributed by atoms with Crippen LogP contribution in [-0.2, 0) is 11.2 Å².